The van der Waals surface area contributed by atoms with Gasteiger partial charge in [0.1, 0.15) is 12.3 Å². The molecule has 0 saturated carbocycles. The number of likely N-dealkylation sites (tertiary alicyclic amines) is 1. The number of nitrogens with zero attached hydrogens (tertiary/aromatic N) is 3. The Bertz CT molecular complexity index is 594. The summed E-state index contributed by atoms with van der Waals surface area (Å²) in [7, 11) is 0. The molecule has 2 saturated heterocycles. The molecule has 3 rings (SSSR count). The van der Waals surface area contributed by atoms with Gasteiger partial charge in [-0.15, -0.1) is 6.58 Å². The molecule has 0 aliphatic carbocycles. The van der Waals surface area contributed by atoms with Crippen molar-refractivity contribution in [2.45, 2.75) is 18.4 Å². The minimum atomic E-state index is -0.335. The summed E-state index contributed by atoms with van der Waals surface area (Å²) in [5.74, 6) is -0.0437. The number of hydrogen-bond donors (Lipinski definition) is 0. The van der Waals surface area contributed by atoms with E-state index < -0.39 is 0 Å². The second-order valence-electron chi connectivity index (χ2n) is 6.04. The van der Waals surface area contributed by atoms with E-state index in [0.29, 0.717) is 31.9 Å². The molecule has 0 bridgehead atoms. The van der Waals surface area contributed by atoms with E-state index in [1.165, 1.54) is 0 Å². The number of carbonyl (C=O) groups excluding carboxylic acids is 2. The highest BCUT2D eigenvalue weighted by Gasteiger charge is 2.42. The Morgan fingerprint density at radius 3 is 2.83 bits per heavy atom. The molecule has 1 aromatic rings. The smallest absolute Gasteiger partial charge is 0.272 e. The molecule has 2 aliphatic heterocycles. The highest BCUT2D eigenvalue weighted by atomic mass is 16.5. The largest absolute Gasteiger partial charge is 0.363 e. The van der Waals surface area contributed by atoms with Crippen molar-refractivity contribution in [2.24, 2.45) is 0 Å². The van der Waals surface area contributed by atoms with Crippen LogP contribution in [-0.2, 0) is 9.53 Å². The van der Waals surface area contributed by atoms with Crippen molar-refractivity contribution in [1.29, 1.82) is 0 Å². The second kappa shape index (κ2) is 6.50. The second-order valence-corrected chi connectivity index (χ2v) is 6.04. The summed E-state index contributed by atoms with van der Waals surface area (Å²) in [6.45, 7) is 6.16. The number of aromatic nitrogens is 1. The number of piperidine rings is 1. The lowest BCUT2D eigenvalue weighted by Gasteiger charge is -2.46. The molecule has 6 heteroatoms. The minimum absolute atomic E-state index is 0.00233. The zero-order chi connectivity index (χ0) is 16.3. The molecule has 1 aromatic heterocycles. The van der Waals surface area contributed by atoms with Gasteiger partial charge in [0.05, 0.1) is 12.1 Å². The van der Waals surface area contributed by atoms with Crippen molar-refractivity contribution in [3.8, 4) is 0 Å². The zero-order valence-electron chi connectivity index (χ0n) is 13.1. The molecule has 3 heterocycles. The fourth-order valence-corrected chi connectivity index (χ4v) is 3.18. The number of rotatable bonds is 3. The van der Waals surface area contributed by atoms with Crippen LogP contribution in [0.4, 0.5) is 0 Å². The first kappa shape index (κ1) is 15.7. The number of ether oxygens (including phenoxy) is 1. The normalized spacial score (nSPS) is 20.6. The van der Waals surface area contributed by atoms with E-state index in [2.05, 4.69) is 11.6 Å². The summed E-state index contributed by atoms with van der Waals surface area (Å²) in [4.78, 5) is 32.0. The molecular formula is C17H21N3O3. The Balaban J connectivity index is 1.63. The van der Waals surface area contributed by atoms with Gasteiger partial charge in [-0.3, -0.25) is 14.6 Å². The van der Waals surface area contributed by atoms with Crippen LogP contribution in [0.25, 0.3) is 0 Å². The lowest BCUT2D eigenvalue weighted by Crippen LogP contribution is -2.59. The molecule has 0 atom stereocenters. The van der Waals surface area contributed by atoms with Crippen molar-refractivity contribution < 1.29 is 14.3 Å². The molecule has 2 aliphatic rings. The predicted octanol–water partition coefficient (Wildman–Crippen LogP) is 1.10. The van der Waals surface area contributed by atoms with Crippen molar-refractivity contribution in [2.75, 3.05) is 32.8 Å². The van der Waals surface area contributed by atoms with E-state index in [1.54, 1.807) is 29.3 Å². The summed E-state index contributed by atoms with van der Waals surface area (Å²) in [5.41, 5.74) is 0.133. The quantitative estimate of drug-likeness (QED) is 0.784. The standard InChI is InChI=1S/C17H21N3O3/c1-2-9-20-13-17(23-12-15(20)21)6-10-19(11-7-17)16(22)14-5-3-4-8-18-14/h2-5,8H,1,6-7,9-13H2. The van der Waals surface area contributed by atoms with Crippen molar-refractivity contribution in [1.82, 2.24) is 14.8 Å². The maximum atomic E-state index is 12.4. The molecule has 1 spiro atoms. The van der Waals surface area contributed by atoms with Crippen molar-refractivity contribution in [3.63, 3.8) is 0 Å². The molecule has 6 nitrogen and oxygen atoms in total. The molecular weight excluding hydrogens is 294 g/mol. The van der Waals surface area contributed by atoms with E-state index in [1.807, 2.05) is 11.0 Å². The number of pyridine rings is 1. The monoisotopic (exact) mass is 315 g/mol. The molecule has 0 aromatic carbocycles. The molecule has 0 radical (unpaired) electrons. The third kappa shape index (κ3) is 3.27. The molecule has 122 valence electrons. The van der Waals surface area contributed by atoms with Crippen LogP contribution in [0.2, 0.25) is 0 Å². The summed E-state index contributed by atoms with van der Waals surface area (Å²) >= 11 is 0. The van der Waals surface area contributed by atoms with Crippen LogP contribution >= 0.6 is 0 Å². The third-order valence-corrected chi connectivity index (χ3v) is 4.53. The lowest BCUT2D eigenvalue weighted by molar-refractivity contribution is -0.169. The first-order valence-electron chi connectivity index (χ1n) is 7.86. The van der Waals surface area contributed by atoms with E-state index in [-0.39, 0.29) is 24.0 Å². The van der Waals surface area contributed by atoms with Gasteiger partial charge in [0.15, 0.2) is 0 Å². The van der Waals surface area contributed by atoms with Crippen LogP contribution in [0.3, 0.4) is 0 Å². The van der Waals surface area contributed by atoms with Gasteiger partial charge in [-0.2, -0.15) is 0 Å². The van der Waals surface area contributed by atoms with Gasteiger partial charge >= 0.3 is 0 Å². The van der Waals surface area contributed by atoms with Gasteiger partial charge in [0.2, 0.25) is 5.91 Å². The van der Waals surface area contributed by atoms with E-state index in [4.69, 9.17) is 4.74 Å². The number of carbonyl (C=O) groups is 2. The van der Waals surface area contributed by atoms with Gasteiger partial charge in [-0.05, 0) is 25.0 Å². The minimum Gasteiger partial charge on any atom is -0.363 e. The van der Waals surface area contributed by atoms with Gasteiger partial charge in [-0.1, -0.05) is 12.1 Å². The van der Waals surface area contributed by atoms with Crippen molar-refractivity contribution in [3.05, 3.63) is 42.7 Å². The summed E-state index contributed by atoms with van der Waals surface area (Å²) in [6, 6.07) is 5.34. The molecule has 23 heavy (non-hydrogen) atoms. The Kier molecular flexibility index (Phi) is 4.43. The van der Waals surface area contributed by atoms with Crippen LogP contribution in [0, 0.1) is 0 Å². The molecule has 2 fully saturated rings. The van der Waals surface area contributed by atoms with Gasteiger partial charge in [0, 0.05) is 25.8 Å². The fraction of sp³-hybridized carbons (Fsp3) is 0.471. The summed E-state index contributed by atoms with van der Waals surface area (Å²) < 4.78 is 5.85. The molecule has 0 unspecified atom stereocenters. The predicted molar refractivity (Wildman–Crippen MR) is 84.8 cm³/mol. The first-order valence-corrected chi connectivity index (χ1v) is 7.86. The van der Waals surface area contributed by atoms with Crippen LogP contribution in [0.5, 0.6) is 0 Å². The maximum absolute atomic E-state index is 12.4. The fourth-order valence-electron chi connectivity index (χ4n) is 3.18. The highest BCUT2D eigenvalue weighted by Crippen LogP contribution is 2.30. The Morgan fingerprint density at radius 1 is 1.39 bits per heavy atom. The van der Waals surface area contributed by atoms with Crippen LogP contribution < -0.4 is 0 Å². The number of amides is 2. The SMILES string of the molecule is C=CCN1CC2(CCN(C(=O)c3ccccn3)CC2)OCC1=O. The van der Waals surface area contributed by atoms with Crippen molar-refractivity contribution >= 4 is 11.8 Å². The van der Waals surface area contributed by atoms with E-state index >= 15 is 0 Å². The average Bonchev–Trinajstić information content (AvgIpc) is 2.59. The van der Waals surface area contributed by atoms with Crippen LogP contribution in [0.15, 0.2) is 37.1 Å². The van der Waals surface area contributed by atoms with Crippen LogP contribution in [-0.4, -0.2) is 65.0 Å². The molecule has 0 N–H and O–H groups in total. The third-order valence-electron chi connectivity index (χ3n) is 4.53. The van der Waals surface area contributed by atoms with Crippen LogP contribution in [0.1, 0.15) is 23.3 Å². The van der Waals surface area contributed by atoms with E-state index in [9.17, 15) is 9.59 Å². The first-order chi connectivity index (χ1) is 11.1. The van der Waals surface area contributed by atoms with Gasteiger partial charge < -0.3 is 14.5 Å². The topological polar surface area (TPSA) is 62.7 Å². The Hall–Kier alpha value is -2.21. The van der Waals surface area contributed by atoms with Gasteiger partial charge in [-0.25, -0.2) is 0 Å². The highest BCUT2D eigenvalue weighted by molar-refractivity contribution is 5.92. The van der Waals surface area contributed by atoms with E-state index in [0.717, 1.165) is 12.8 Å². The summed E-state index contributed by atoms with van der Waals surface area (Å²) in [5, 5.41) is 0. The summed E-state index contributed by atoms with van der Waals surface area (Å²) in [6.07, 6.45) is 4.82. The number of hydrogen-bond acceptors (Lipinski definition) is 4. The average molecular weight is 315 g/mol. The lowest BCUT2D eigenvalue weighted by atomic mass is 9.89. The zero-order valence-corrected chi connectivity index (χ0v) is 13.1. The van der Waals surface area contributed by atoms with Gasteiger partial charge in [0.25, 0.3) is 5.91 Å². The molecule has 2 amide bonds. The Morgan fingerprint density at radius 2 is 2.17 bits per heavy atom. The number of morpholine rings is 1. The maximum Gasteiger partial charge on any atom is 0.272 e. The Labute approximate surface area is 135 Å².